The van der Waals surface area contributed by atoms with Crippen molar-refractivity contribution in [3.63, 3.8) is 0 Å². The molecule has 88 valence electrons. The van der Waals surface area contributed by atoms with E-state index in [4.69, 9.17) is 4.74 Å². The average molecular weight is 213 g/mol. The van der Waals surface area contributed by atoms with Gasteiger partial charge in [-0.25, -0.2) is 5.01 Å². The first kappa shape index (κ1) is 11.3. The van der Waals surface area contributed by atoms with Crippen LogP contribution in [0.2, 0.25) is 0 Å². The van der Waals surface area contributed by atoms with Crippen LogP contribution in [0.25, 0.3) is 0 Å². The number of hydrogen-bond acceptors (Lipinski definition) is 4. The molecular weight excluding hydrogens is 190 g/mol. The summed E-state index contributed by atoms with van der Waals surface area (Å²) in [5.74, 6) is 0.642. The molecule has 4 heteroatoms. The minimum Gasteiger partial charge on any atom is -0.379 e. The fourth-order valence-electron chi connectivity index (χ4n) is 2.83. The summed E-state index contributed by atoms with van der Waals surface area (Å²) in [6.07, 6.45) is 0. The van der Waals surface area contributed by atoms with Gasteiger partial charge in [0.25, 0.3) is 0 Å². The third kappa shape index (κ3) is 1.69. The standard InChI is InChI=1S/C11H23N3O/c1-9-7-12-13(4)11(9,3)14-5-6-15-8-10(14)2/h9-10,12H,5-8H2,1-4H3/t9-,10-,11?/m1/s1. The Morgan fingerprint density at radius 2 is 2.13 bits per heavy atom. The van der Waals surface area contributed by atoms with Gasteiger partial charge in [0.1, 0.15) is 0 Å². The zero-order valence-electron chi connectivity index (χ0n) is 10.3. The monoisotopic (exact) mass is 213 g/mol. The molecule has 2 fully saturated rings. The summed E-state index contributed by atoms with van der Waals surface area (Å²) in [5.41, 5.74) is 3.56. The summed E-state index contributed by atoms with van der Waals surface area (Å²) in [6.45, 7) is 10.7. The molecule has 0 amide bonds. The van der Waals surface area contributed by atoms with E-state index in [0.717, 1.165) is 26.3 Å². The Morgan fingerprint density at radius 1 is 1.40 bits per heavy atom. The molecule has 3 atom stereocenters. The number of nitrogens with zero attached hydrogens (tertiary/aromatic N) is 2. The Hall–Kier alpha value is -0.160. The van der Waals surface area contributed by atoms with Crippen molar-refractivity contribution in [1.82, 2.24) is 15.3 Å². The zero-order chi connectivity index (χ0) is 11.1. The lowest BCUT2D eigenvalue weighted by Crippen LogP contribution is -2.64. The SMILES string of the molecule is C[C@@H]1COCCN1C1(C)[C@H](C)CNN1C. The van der Waals surface area contributed by atoms with E-state index in [-0.39, 0.29) is 5.66 Å². The molecule has 15 heavy (non-hydrogen) atoms. The van der Waals surface area contributed by atoms with Gasteiger partial charge in [0.15, 0.2) is 0 Å². The van der Waals surface area contributed by atoms with Crippen molar-refractivity contribution in [2.75, 3.05) is 33.4 Å². The summed E-state index contributed by atoms with van der Waals surface area (Å²) in [4.78, 5) is 2.57. The highest BCUT2D eigenvalue weighted by Gasteiger charge is 2.47. The molecule has 2 heterocycles. The van der Waals surface area contributed by atoms with Crippen LogP contribution in [0, 0.1) is 5.92 Å². The topological polar surface area (TPSA) is 27.7 Å². The highest BCUT2D eigenvalue weighted by Crippen LogP contribution is 2.33. The molecule has 0 radical (unpaired) electrons. The summed E-state index contributed by atoms with van der Waals surface area (Å²) in [6, 6.07) is 0.508. The smallest absolute Gasteiger partial charge is 0.0881 e. The third-order valence-corrected chi connectivity index (χ3v) is 4.20. The van der Waals surface area contributed by atoms with Crippen LogP contribution < -0.4 is 5.43 Å². The molecule has 2 aliphatic rings. The van der Waals surface area contributed by atoms with Crippen LogP contribution in [0.3, 0.4) is 0 Å². The van der Waals surface area contributed by atoms with Gasteiger partial charge in [0, 0.05) is 32.1 Å². The maximum atomic E-state index is 5.51. The van der Waals surface area contributed by atoms with Gasteiger partial charge in [-0.15, -0.1) is 0 Å². The Labute approximate surface area is 92.5 Å². The van der Waals surface area contributed by atoms with Crippen LogP contribution >= 0.6 is 0 Å². The van der Waals surface area contributed by atoms with E-state index in [1.807, 2.05) is 0 Å². The number of ether oxygens (including phenoxy) is 1. The highest BCUT2D eigenvalue weighted by atomic mass is 16.5. The quantitative estimate of drug-likeness (QED) is 0.687. The van der Waals surface area contributed by atoms with E-state index in [0.29, 0.717) is 12.0 Å². The molecule has 0 spiro atoms. The molecule has 0 aliphatic carbocycles. The largest absolute Gasteiger partial charge is 0.379 e. The molecule has 0 saturated carbocycles. The van der Waals surface area contributed by atoms with Crippen molar-refractivity contribution >= 4 is 0 Å². The molecule has 1 unspecified atom stereocenters. The molecule has 2 saturated heterocycles. The van der Waals surface area contributed by atoms with Gasteiger partial charge >= 0.3 is 0 Å². The third-order valence-electron chi connectivity index (χ3n) is 4.20. The van der Waals surface area contributed by atoms with Crippen molar-refractivity contribution < 1.29 is 4.74 Å². The molecule has 2 rings (SSSR count). The lowest BCUT2D eigenvalue weighted by molar-refractivity contribution is -0.119. The number of hydrazine groups is 1. The first-order chi connectivity index (χ1) is 7.06. The predicted molar refractivity (Wildman–Crippen MR) is 60.3 cm³/mol. The van der Waals surface area contributed by atoms with Crippen molar-refractivity contribution in [2.45, 2.75) is 32.5 Å². The minimum atomic E-state index is 0.128. The average Bonchev–Trinajstić information content (AvgIpc) is 2.48. The minimum absolute atomic E-state index is 0.128. The van der Waals surface area contributed by atoms with E-state index >= 15 is 0 Å². The van der Waals surface area contributed by atoms with Gasteiger partial charge in [-0.3, -0.25) is 10.3 Å². The van der Waals surface area contributed by atoms with Gasteiger partial charge in [0.05, 0.1) is 18.9 Å². The molecule has 2 aliphatic heterocycles. The maximum Gasteiger partial charge on any atom is 0.0881 e. The van der Waals surface area contributed by atoms with Crippen LogP contribution in [0.4, 0.5) is 0 Å². The van der Waals surface area contributed by atoms with Gasteiger partial charge < -0.3 is 4.74 Å². The van der Waals surface area contributed by atoms with E-state index in [1.54, 1.807) is 0 Å². The Balaban J connectivity index is 2.18. The Morgan fingerprint density at radius 3 is 2.67 bits per heavy atom. The van der Waals surface area contributed by atoms with Gasteiger partial charge in [-0.05, 0) is 13.8 Å². The first-order valence-corrected chi connectivity index (χ1v) is 5.88. The normalized spacial score (nSPS) is 44.8. The van der Waals surface area contributed by atoms with Crippen molar-refractivity contribution in [2.24, 2.45) is 5.92 Å². The number of hydrogen-bond donors (Lipinski definition) is 1. The van der Waals surface area contributed by atoms with Gasteiger partial charge in [0.2, 0.25) is 0 Å². The Kier molecular flexibility index (Phi) is 3.03. The van der Waals surface area contributed by atoms with E-state index in [2.05, 4.69) is 43.2 Å². The lowest BCUT2D eigenvalue weighted by Gasteiger charge is -2.49. The predicted octanol–water partition coefficient (Wildman–Crippen LogP) is 0.509. The molecular formula is C11H23N3O. The van der Waals surface area contributed by atoms with Crippen LogP contribution in [-0.2, 0) is 4.74 Å². The van der Waals surface area contributed by atoms with Crippen LogP contribution in [0.15, 0.2) is 0 Å². The van der Waals surface area contributed by atoms with E-state index < -0.39 is 0 Å². The van der Waals surface area contributed by atoms with Crippen molar-refractivity contribution in [3.8, 4) is 0 Å². The Bertz CT molecular complexity index is 224. The number of nitrogens with one attached hydrogen (secondary N) is 1. The van der Waals surface area contributed by atoms with Crippen molar-refractivity contribution in [1.29, 1.82) is 0 Å². The summed E-state index contributed by atoms with van der Waals surface area (Å²) >= 11 is 0. The van der Waals surface area contributed by atoms with Crippen LogP contribution in [0.1, 0.15) is 20.8 Å². The second kappa shape index (κ2) is 4.01. The molecule has 0 aromatic heterocycles. The summed E-state index contributed by atoms with van der Waals surface area (Å²) in [7, 11) is 2.14. The lowest BCUT2D eigenvalue weighted by atomic mass is 9.94. The fraction of sp³-hybridized carbons (Fsp3) is 1.00. The second-order valence-corrected chi connectivity index (χ2v) is 5.03. The molecule has 0 aromatic rings. The van der Waals surface area contributed by atoms with Crippen LogP contribution in [-0.4, -0.2) is 55.0 Å². The molecule has 1 N–H and O–H groups in total. The molecule has 0 bridgehead atoms. The molecule has 4 nitrogen and oxygen atoms in total. The number of rotatable bonds is 1. The zero-order valence-corrected chi connectivity index (χ0v) is 10.3. The maximum absolute atomic E-state index is 5.51. The fourth-order valence-corrected chi connectivity index (χ4v) is 2.83. The van der Waals surface area contributed by atoms with Gasteiger partial charge in [-0.2, -0.15) is 0 Å². The summed E-state index contributed by atoms with van der Waals surface area (Å²) in [5, 5.41) is 2.26. The number of morpholine rings is 1. The van der Waals surface area contributed by atoms with E-state index in [1.165, 1.54) is 0 Å². The molecule has 0 aromatic carbocycles. The van der Waals surface area contributed by atoms with Crippen LogP contribution in [0.5, 0.6) is 0 Å². The van der Waals surface area contributed by atoms with Gasteiger partial charge in [-0.1, -0.05) is 6.92 Å². The highest BCUT2D eigenvalue weighted by molar-refractivity contribution is 4.96. The second-order valence-electron chi connectivity index (χ2n) is 5.03. The summed E-state index contributed by atoms with van der Waals surface area (Å²) < 4.78 is 5.51. The van der Waals surface area contributed by atoms with E-state index in [9.17, 15) is 0 Å². The van der Waals surface area contributed by atoms with Crippen molar-refractivity contribution in [3.05, 3.63) is 0 Å². The first-order valence-electron chi connectivity index (χ1n) is 5.88.